The number of fused-ring (bicyclic) bond motifs is 1. The van der Waals surface area contributed by atoms with E-state index in [2.05, 4.69) is 47.6 Å². The van der Waals surface area contributed by atoms with Crippen molar-refractivity contribution in [3.63, 3.8) is 0 Å². The molecule has 2 aliphatic heterocycles. The number of rotatable bonds is 2. The van der Waals surface area contributed by atoms with Crippen molar-refractivity contribution in [2.45, 2.75) is 37.8 Å². The van der Waals surface area contributed by atoms with Crippen LogP contribution < -0.4 is 5.32 Å². The van der Waals surface area contributed by atoms with Gasteiger partial charge in [-0.3, -0.25) is 0 Å². The van der Waals surface area contributed by atoms with Gasteiger partial charge in [-0.15, -0.1) is 0 Å². The van der Waals surface area contributed by atoms with Gasteiger partial charge in [-0.25, -0.2) is 4.79 Å². The summed E-state index contributed by atoms with van der Waals surface area (Å²) in [5.74, 6) is 0.232. The smallest absolute Gasteiger partial charge is 0.317 e. The minimum absolute atomic E-state index is 0.00546. The fraction of sp³-hybridized carbons (Fsp3) is 0.435. The lowest BCUT2D eigenvalue weighted by molar-refractivity contribution is 0.153. The maximum Gasteiger partial charge on any atom is 0.317 e. The number of hydrogen-bond donors (Lipinski definition) is 1. The number of carbonyl (C=O) groups excluding carboxylic acids is 1. The maximum atomic E-state index is 12.3. The van der Waals surface area contributed by atoms with Crippen molar-refractivity contribution in [2.75, 3.05) is 27.2 Å². The van der Waals surface area contributed by atoms with Crippen LogP contribution in [0, 0.1) is 0 Å². The zero-order chi connectivity index (χ0) is 20.5. The van der Waals surface area contributed by atoms with Gasteiger partial charge in [0.25, 0.3) is 0 Å². The first kappa shape index (κ1) is 20.5. The molecule has 0 radical (unpaired) electrons. The zero-order valence-corrected chi connectivity index (χ0v) is 18.4. The largest absolute Gasteiger partial charge is 0.341 e. The highest BCUT2D eigenvalue weighted by Crippen LogP contribution is 2.39. The molecular formula is C23H27Cl2N3O. The Morgan fingerprint density at radius 3 is 2.55 bits per heavy atom. The van der Waals surface area contributed by atoms with Crippen molar-refractivity contribution in [3.05, 3.63) is 68.7 Å². The third-order valence-electron chi connectivity index (χ3n) is 6.19. The lowest BCUT2D eigenvalue weighted by atomic mass is 9.84. The van der Waals surface area contributed by atoms with Crippen LogP contribution in [0.25, 0.3) is 0 Å². The molecule has 0 spiro atoms. The van der Waals surface area contributed by atoms with E-state index in [-0.39, 0.29) is 18.0 Å². The second kappa shape index (κ2) is 8.55. The summed E-state index contributed by atoms with van der Waals surface area (Å²) in [6, 6.07) is 12.8. The first-order valence-electron chi connectivity index (χ1n) is 10.2. The van der Waals surface area contributed by atoms with Gasteiger partial charge in [0.2, 0.25) is 0 Å². The van der Waals surface area contributed by atoms with E-state index in [1.54, 1.807) is 7.05 Å². The molecule has 0 aliphatic carbocycles. The number of hydrogen-bond acceptors (Lipinski definition) is 2. The van der Waals surface area contributed by atoms with Gasteiger partial charge < -0.3 is 15.1 Å². The van der Waals surface area contributed by atoms with Crippen LogP contribution in [-0.4, -0.2) is 43.0 Å². The number of amides is 2. The van der Waals surface area contributed by atoms with Crippen molar-refractivity contribution >= 4 is 29.2 Å². The first-order valence-corrected chi connectivity index (χ1v) is 11.0. The Hall–Kier alpha value is -1.75. The summed E-state index contributed by atoms with van der Waals surface area (Å²) in [5, 5.41) is 4.20. The quantitative estimate of drug-likeness (QED) is 0.686. The van der Waals surface area contributed by atoms with Crippen LogP contribution in [0.1, 0.15) is 53.5 Å². The second-order valence-electron chi connectivity index (χ2n) is 8.13. The highest BCUT2D eigenvalue weighted by Gasteiger charge is 2.29. The molecule has 2 aromatic rings. The number of urea groups is 1. The number of nitrogens with zero attached hydrogens (tertiary/aromatic N) is 2. The summed E-state index contributed by atoms with van der Waals surface area (Å²) in [5.41, 5.74) is 4.84. The van der Waals surface area contributed by atoms with Crippen LogP contribution >= 0.6 is 23.2 Å². The van der Waals surface area contributed by atoms with Gasteiger partial charge in [0, 0.05) is 42.6 Å². The summed E-state index contributed by atoms with van der Waals surface area (Å²) >= 11 is 12.8. The summed E-state index contributed by atoms with van der Waals surface area (Å²) in [6.07, 6.45) is 3.22. The molecule has 1 N–H and O–H groups in total. The molecule has 0 aromatic heterocycles. The Morgan fingerprint density at radius 2 is 1.83 bits per heavy atom. The maximum absolute atomic E-state index is 12.3. The van der Waals surface area contributed by atoms with E-state index in [0.717, 1.165) is 49.5 Å². The van der Waals surface area contributed by atoms with Crippen molar-refractivity contribution in [2.24, 2.45) is 0 Å². The Bertz CT molecular complexity index is 900. The molecular weight excluding hydrogens is 405 g/mol. The number of nitrogens with one attached hydrogen (secondary N) is 1. The van der Waals surface area contributed by atoms with Crippen LogP contribution in [0.4, 0.5) is 4.79 Å². The molecule has 2 atom stereocenters. The molecule has 1 fully saturated rings. The highest BCUT2D eigenvalue weighted by atomic mass is 35.5. The molecule has 29 heavy (non-hydrogen) atoms. The molecule has 2 unspecified atom stereocenters. The van der Waals surface area contributed by atoms with Gasteiger partial charge in [-0.05, 0) is 60.7 Å². The predicted molar refractivity (Wildman–Crippen MR) is 119 cm³/mol. The minimum atomic E-state index is 0.00546. The summed E-state index contributed by atoms with van der Waals surface area (Å²) in [4.78, 5) is 16.5. The van der Waals surface area contributed by atoms with Crippen molar-refractivity contribution < 1.29 is 4.79 Å². The Morgan fingerprint density at radius 1 is 1.10 bits per heavy atom. The highest BCUT2D eigenvalue weighted by molar-refractivity contribution is 6.35. The Balaban J connectivity index is 1.64. The van der Waals surface area contributed by atoms with E-state index >= 15 is 0 Å². The van der Waals surface area contributed by atoms with Gasteiger partial charge >= 0.3 is 6.03 Å². The van der Waals surface area contributed by atoms with Gasteiger partial charge in [-0.2, -0.15) is 0 Å². The van der Waals surface area contributed by atoms with Gasteiger partial charge in [-0.1, -0.05) is 47.5 Å². The molecule has 4 nitrogen and oxygen atoms in total. The normalized spacial score (nSPS) is 22.3. The van der Waals surface area contributed by atoms with Crippen LogP contribution in [0.15, 0.2) is 36.4 Å². The molecule has 2 heterocycles. The van der Waals surface area contributed by atoms with Gasteiger partial charge in [0.1, 0.15) is 0 Å². The van der Waals surface area contributed by atoms with Crippen LogP contribution in [0.3, 0.4) is 0 Å². The van der Waals surface area contributed by atoms with E-state index in [1.807, 2.05) is 11.0 Å². The zero-order valence-electron chi connectivity index (χ0n) is 16.9. The third kappa shape index (κ3) is 4.11. The van der Waals surface area contributed by atoms with E-state index in [9.17, 15) is 4.79 Å². The minimum Gasteiger partial charge on any atom is -0.341 e. The van der Waals surface area contributed by atoms with E-state index in [0.29, 0.717) is 5.02 Å². The number of halogens is 2. The standard InChI is InChI=1S/C23H27Cl2N3O/c1-26-23(29)28-10-4-3-5-22(28)16-8-6-15(7-9-16)19-13-27(2)14-20-18(19)11-17(24)12-21(20)25/h6-9,11-12,19,22H,3-5,10,13-14H2,1-2H3,(H,26,29). The SMILES string of the molecule is CNC(=O)N1CCCCC1c1ccc(C2CN(C)Cc3c(Cl)cc(Cl)cc32)cc1. The van der Waals surface area contributed by atoms with Crippen LogP contribution in [-0.2, 0) is 6.54 Å². The monoisotopic (exact) mass is 431 g/mol. The predicted octanol–water partition coefficient (Wildman–Crippen LogP) is 5.44. The second-order valence-corrected chi connectivity index (χ2v) is 8.98. The number of piperidine rings is 1. The average molecular weight is 432 g/mol. The lowest BCUT2D eigenvalue weighted by Crippen LogP contribution is -2.43. The van der Waals surface area contributed by atoms with Gasteiger partial charge in [0.05, 0.1) is 6.04 Å². The molecule has 4 rings (SSSR count). The fourth-order valence-corrected chi connectivity index (χ4v) is 5.31. The molecule has 6 heteroatoms. The Kier molecular flexibility index (Phi) is 6.05. The molecule has 2 aromatic carbocycles. The van der Waals surface area contributed by atoms with E-state index in [1.165, 1.54) is 16.7 Å². The van der Waals surface area contributed by atoms with Crippen molar-refractivity contribution in [3.8, 4) is 0 Å². The number of likely N-dealkylation sites (N-methyl/N-ethyl adjacent to an activating group) is 1. The summed E-state index contributed by atoms with van der Waals surface area (Å²) in [6.45, 7) is 2.57. The average Bonchev–Trinajstić information content (AvgIpc) is 2.73. The lowest BCUT2D eigenvalue weighted by Gasteiger charge is -2.36. The van der Waals surface area contributed by atoms with E-state index in [4.69, 9.17) is 23.2 Å². The Labute approximate surface area is 182 Å². The van der Waals surface area contributed by atoms with Crippen molar-refractivity contribution in [1.82, 2.24) is 15.1 Å². The van der Waals surface area contributed by atoms with E-state index < -0.39 is 0 Å². The topological polar surface area (TPSA) is 35.6 Å². The number of benzene rings is 2. The summed E-state index contributed by atoms with van der Waals surface area (Å²) in [7, 11) is 3.82. The molecule has 0 bridgehead atoms. The van der Waals surface area contributed by atoms with Gasteiger partial charge in [0.15, 0.2) is 0 Å². The van der Waals surface area contributed by atoms with Crippen molar-refractivity contribution in [1.29, 1.82) is 0 Å². The number of carbonyl (C=O) groups is 1. The molecule has 1 saturated heterocycles. The molecule has 154 valence electrons. The molecule has 2 aliphatic rings. The molecule has 0 saturated carbocycles. The molecule has 2 amide bonds. The summed E-state index contributed by atoms with van der Waals surface area (Å²) < 4.78 is 0. The third-order valence-corrected chi connectivity index (χ3v) is 6.75. The number of likely N-dealkylation sites (tertiary alicyclic amines) is 1. The first-order chi connectivity index (χ1) is 14.0. The van der Waals surface area contributed by atoms with Crippen LogP contribution in [0.2, 0.25) is 10.0 Å². The van der Waals surface area contributed by atoms with Crippen LogP contribution in [0.5, 0.6) is 0 Å². The fourth-order valence-electron chi connectivity index (χ4n) is 4.75.